The topological polar surface area (TPSA) is 116 Å². The van der Waals surface area contributed by atoms with Crippen LogP contribution in [-0.2, 0) is 16.9 Å². The highest BCUT2D eigenvalue weighted by molar-refractivity contribution is 5.54. The van der Waals surface area contributed by atoms with Gasteiger partial charge in [0.15, 0.2) is 0 Å². The van der Waals surface area contributed by atoms with E-state index >= 15 is 0 Å². The molecule has 0 radical (unpaired) electrons. The van der Waals surface area contributed by atoms with E-state index in [2.05, 4.69) is 37.2 Å². The van der Waals surface area contributed by atoms with Crippen LogP contribution in [0.25, 0.3) is 5.69 Å². The molecule has 2 saturated heterocycles. The van der Waals surface area contributed by atoms with Crippen LogP contribution in [0.5, 0.6) is 5.75 Å². The lowest BCUT2D eigenvalue weighted by Gasteiger charge is -2.37. The van der Waals surface area contributed by atoms with E-state index in [9.17, 15) is 18.7 Å². The van der Waals surface area contributed by atoms with E-state index in [0.29, 0.717) is 26.1 Å². The van der Waals surface area contributed by atoms with Gasteiger partial charge in [-0.1, -0.05) is 13.0 Å². The fourth-order valence-corrected chi connectivity index (χ4v) is 7.22. The van der Waals surface area contributed by atoms with Crippen molar-refractivity contribution >= 4 is 11.4 Å². The summed E-state index contributed by atoms with van der Waals surface area (Å²) in [7, 11) is 0. The Morgan fingerprint density at radius 2 is 1.55 bits per heavy atom. The third-order valence-corrected chi connectivity index (χ3v) is 9.94. The summed E-state index contributed by atoms with van der Waals surface area (Å²) in [5.74, 6) is -0.583. The molecule has 3 aromatic carbocycles. The second kappa shape index (κ2) is 14.6. The van der Waals surface area contributed by atoms with Gasteiger partial charge in [-0.2, -0.15) is 20.1 Å². The van der Waals surface area contributed by atoms with Crippen LogP contribution >= 0.6 is 0 Å². The van der Waals surface area contributed by atoms with Crippen molar-refractivity contribution in [2.24, 2.45) is 5.92 Å². The number of rotatable bonds is 12. The van der Waals surface area contributed by atoms with Gasteiger partial charge in [0.1, 0.15) is 29.3 Å². The van der Waals surface area contributed by atoms with Gasteiger partial charge in [0.25, 0.3) is 0 Å². The van der Waals surface area contributed by atoms with Crippen molar-refractivity contribution < 1.29 is 23.4 Å². The van der Waals surface area contributed by atoms with Crippen molar-refractivity contribution in [3.63, 3.8) is 0 Å². The molecule has 7 rings (SSSR count). The number of hydrogen-bond acceptors (Lipinski definition) is 9. The van der Waals surface area contributed by atoms with Gasteiger partial charge in [0.05, 0.1) is 50.0 Å². The Hall–Kier alpha value is -5.08. The number of aliphatic hydroxyl groups is 1. The predicted molar refractivity (Wildman–Crippen MR) is 187 cm³/mol. The summed E-state index contributed by atoms with van der Waals surface area (Å²) in [5, 5.41) is 22.7. The monoisotopic (exact) mass is 700 g/mol. The van der Waals surface area contributed by atoms with Crippen molar-refractivity contribution in [1.82, 2.24) is 29.3 Å². The van der Waals surface area contributed by atoms with Gasteiger partial charge in [-0.15, -0.1) is 0 Å². The van der Waals surface area contributed by atoms with Gasteiger partial charge in [-0.05, 0) is 74.4 Å². The molecule has 4 heterocycles. The number of ether oxygens (including phenoxy) is 2. The second-order valence-electron chi connectivity index (χ2n) is 13.3. The molecule has 0 bridgehead atoms. The highest BCUT2D eigenvalue weighted by Gasteiger charge is 2.45. The Balaban J connectivity index is 0.923. The minimum absolute atomic E-state index is 0.0194. The van der Waals surface area contributed by atoms with Gasteiger partial charge in [-0.3, -0.25) is 0 Å². The van der Waals surface area contributed by atoms with E-state index in [1.165, 1.54) is 32.5 Å². The first-order valence-electron chi connectivity index (χ1n) is 17.3. The zero-order chi connectivity index (χ0) is 35.5. The van der Waals surface area contributed by atoms with Crippen molar-refractivity contribution in [1.29, 1.82) is 0 Å². The largest absolute Gasteiger partial charge is 0.493 e. The number of anilines is 2. The molecule has 2 aliphatic heterocycles. The maximum atomic E-state index is 15.0. The fourth-order valence-electron chi connectivity index (χ4n) is 7.22. The molecular weight excluding hydrogens is 658 g/mol. The predicted octanol–water partition coefficient (Wildman–Crippen LogP) is 4.57. The average molecular weight is 701 g/mol. The number of piperazine rings is 1. The number of aromatic nitrogens is 6. The summed E-state index contributed by atoms with van der Waals surface area (Å²) in [6, 6.07) is 19.1. The maximum absolute atomic E-state index is 15.0. The molecule has 0 saturated carbocycles. The molecule has 1 N–H and O–H groups in total. The molecule has 5 aromatic rings. The summed E-state index contributed by atoms with van der Waals surface area (Å²) in [6.45, 7) is 7.90. The van der Waals surface area contributed by atoms with Crippen LogP contribution in [0, 0.1) is 17.6 Å². The molecule has 2 aromatic heterocycles. The van der Waals surface area contributed by atoms with E-state index in [-0.39, 0.29) is 29.8 Å². The SMILES string of the molecule is CC[C@@H]([C@H](C)O)n1ncn(-c2ccc(N3CCN(c4ccc(OC[C@H]5CO[C@](Cn6nccn6)(c6ccc(F)cc6F)C5)cc4)CC3)cc2)c1=O. The van der Waals surface area contributed by atoms with E-state index < -0.39 is 23.3 Å². The van der Waals surface area contributed by atoms with E-state index in [0.717, 1.165) is 55.1 Å². The van der Waals surface area contributed by atoms with Crippen molar-refractivity contribution in [2.45, 2.75) is 51.0 Å². The van der Waals surface area contributed by atoms with Crippen LogP contribution in [0.1, 0.15) is 38.3 Å². The van der Waals surface area contributed by atoms with Crippen LogP contribution in [0.2, 0.25) is 0 Å². The molecule has 0 spiro atoms. The molecule has 12 nitrogen and oxygen atoms in total. The molecule has 4 atom stereocenters. The van der Waals surface area contributed by atoms with Crippen molar-refractivity contribution in [3.8, 4) is 11.4 Å². The second-order valence-corrected chi connectivity index (χ2v) is 13.3. The van der Waals surface area contributed by atoms with Crippen molar-refractivity contribution in [3.05, 3.63) is 113 Å². The summed E-state index contributed by atoms with van der Waals surface area (Å²) in [4.78, 5) is 19.1. The summed E-state index contributed by atoms with van der Waals surface area (Å²) >= 11 is 0. The Bertz CT molecular complexity index is 1960. The van der Waals surface area contributed by atoms with E-state index in [1.54, 1.807) is 19.3 Å². The van der Waals surface area contributed by atoms with E-state index in [1.807, 2.05) is 43.3 Å². The molecule has 0 amide bonds. The minimum Gasteiger partial charge on any atom is -0.493 e. The van der Waals surface area contributed by atoms with Crippen LogP contribution < -0.4 is 20.2 Å². The smallest absolute Gasteiger partial charge is 0.350 e. The number of hydrogen-bond donors (Lipinski definition) is 1. The van der Waals surface area contributed by atoms with Crippen LogP contribution in [0.15, 0.2) is 90.2 Å². The zero-order valence-electron chi connectivity index (χ0n) is 28.7. The molecular formula is C37H42F2N8O4. The fraction of sp³-hybridized carbons (Fsp3) is 0.405. The molecule has 0 unspecified atom stereocenters. The molecule has 14 heteroatoms. The number of aliphatic hydroxyl groups excluding tert-OH is 1. The van der Waals surface area contributed by atoms with Gasteiger partial charge < -0.3 is 24.4 Å². The first-order chi connectivity index (χ1) is 24.7. The number of halogens is 2. The first kappa shape index (κ1) is 34.4. The lowest BCUT2D eigenvalue weighted by Crippen LogP contribution is -2.46. The quantitative estimate of drug-likeness (QED) is 0.200. The van der Waals surface area contributed by atoms with Crippen molar-refractivity contribution in [2.75, 3.05) is 49.2 Å². The Morgan fingerprint density at radius 3 is 2.16 bits per heavy atom. The normalized spacial score (nSPS) is 20.5. The molecule has 0 aliphatic carbocycles. The van der Waals surface area contributed by atoms with E-state index in [4.69, 9.17) is 9.47 Å². The van der Waals surface area contributed by atoms with Crippen LogP contribution in [-0.4, -0.2) is 79.9 Å². The zero-order valence-corrected chi connectivity index (χ0v) is 28.7. The third kappa shape index (κ3) is 7.24. The maximum Gasteiger partial charge on any atom is 0.350 e. The molecule has 268 valence electrons. The first-order valence-corrected chi connectivity index (χ1v) is 17.3. The van der Waals surface area contributed by atoms with Crippen LogP contribution in [0.3, 0.4) is 0 Å². The highest BCUT2D eigenvalue weighted by atomic mass is 19.1. The number of benzene rings is 3. The third-order valence-electron chi connectivity index (χ3n) is 9.94. The summed E-state index contributed by atoms with van der Waals surface area (Å²) in [5.41, 5.74) is 1.89. The summed E-state index contributed by atoms with van der Waals surface area (Å²) in [6.07, 6.45) is 5.01. The van der Waals surface area contributed by atoms with Crippen LogP contribution in [0.4, 0.5) is 20.2 Å². The molecule has 2 aliphatic rings. The number of nitrogens with zero attached hydrogens (tertiary/aromatic N) is 8. The Kier molecular flexibility index (Phi) is 9.87. The van der Waals surface area contributed by atoms with Gasteiger partial charge >= 0.3 is 5.69 Å². The lowest BCUT2D eigenvalue weighted by atomic mass is 9.87. The Morgan fingerprint density at radius 1 is 0.922 bits per heavy atom. The Labute approximate surface area is 294 Å². The average Bonchev–Trinajstić information content (AvgIpc) is 3.90. The highest BCUT2D eigenvalue weighted by Crippen LogP contribution is 2.42. The molecule has 51 heavy (non-hydrogen) atoms. The van der Waals surface area contributed by atoms with Gasteiger partial charge in [0, 0.05) is 55.1 Å². The minimum atomic E-state index is -1.04. The summed E-state index contributed by atoms with van der Waals surface area (Å²) < 4.78 is 43.9. The lowest BCUT2D eigenvalue weighted by molar-refractivity contribution is -0.0236. The standard InChI is InChI=1S/C37H42F2N8O4/c1-3-35(26(2)48)47-36(49)45(25-42-47)31-7-5-29(6-8-31)43-16-18-44(19-17-43)30-9-11-32(12-10-30)50-22-27-21-37(51-23-27,24-46-40-14-15-41-46)33-13-4-28(38)20-34(33)39/h4-15,20,25-27,35,48H,3,16-19,21-24H2,1-2H3/t26-,27-,35-,37+/m0/s1. The molecule has 2 fully saturated rings. The van der Waals surface area contributed by atoms with Gasteiger partial charge in [-0.25, -0.2) is 22.8 Å². The van der Waals surface area contributed by atoms with Gasteiger partial charge in [0.2, 0.25) is 0 Å².